The minimum atomic E-state index is -0.149. The van der Waals surface area contributed by atoms with E-state index in [-0.39, 0.29) is 5.91 Å². The van der Waals surface area contributed by atoms with Gasteiger partial charge in [0, 0.05) is 34.7 Å². The van der Waals surface area contributed by atoms with Crippen LogP contribution in [0.15, 0.2) is 18.2 Å². The Morgan fingerprint density at radius 1 is 1.26 bits per heavy atom. The third kappa shape index (κ3) is 5.39. The van der Waals surface area contributed by atoms with Gasteiger partial charge in [0.25, 0.3) is 5.91 Å². The first-order valence-electron chi connectivity index (χ1n) is 6.42. The maximum absolute atomic E-state index is 11.9. The number of nitrogens with one attached hydrogen (secondary N) is 1. The number of amides is 1. The van der Waals surface area contributed by atoms with Gasteiger partial charge in [0.05, 0.1) is 0 Å². The normalized spacial score (nSPS) is 11.1. The zero-order valence-electron chi connectivity index (χ0n) is 11.5. The van der Waals surface area contributed by atoms with Gasteiger partial charge in [-0.1, -0.05) is 30.1 Å². The summed E-state index contributed by atoms with van der Waals surface area (Å²) in [4.78, 5) is 14.2. The second-order valence-electron chi connectivity index (χ2n) is 4.64. The molecule has 0 atom stereocenters. The molecule has 3 nitrogen and oxygen atoms in total. The average Bonchev–Trinajstić information content (AvgIpc) is 2.32. The lowest BCUT2D eigenvalue weighted by Gasteiger charge is -2.24. The number of benzene rings is 1. The van der Waals surface area contributed by atoms with Gasteiger partial charge >= 0.3 is 0 Å². The van der Waals surface area contributed by atoms with Crippen LogP contribution in [0.2, 0.25) is 10.0 Å². The van der Waals surface area contributed by atoms with Crippen molar-refractivity contribution in [1.29, 1.82) is 0 Å². The van der Waals surface area contributed by atoms with Gasteiger partial charge in [0.1, 0.15) is 0 Å². The predicted molar refractivity (Wildman–Crippen MR) is 81.2 cm³/mol. The molecule has 0 heterocycles. The fourth-order valence-corrected chi connectivity index (χ4v) is 2.41. The number of halogens is 2. The predicted octanol–water partition coefficient (Wildman–Crippen LogP) is 3.45. The highest BCUT2D eigenvalue weighted by Gasteiger charge is 2.10. The summed E-state index contributed by atoms with van der Waals surface area (Å²) in [6.07, 6.45) is 0. The molecule has 1 amide bonds. The van der Waals surface area contributed by atoms with Gasteiger partial charge in [-0.25, -0.2) is 0 Å². The molecular weight excluding hydrogens is 283 g/mol. The second-order valence-corrected chi connectivity index (χ2v) is 5.51. The number of rotatable bonds is 6. The van der Waals surface area contributed by atoms with Crippen LogP contribution in [0.5, 0.6) is 0 Å². The molecule has 0 spiro atoms. The Kier molecular flexibility index (Phi) is 6.63. The third-order valence-electron chi connectivity index (χ3n) is 2.95. The molecule has 1 N–H and O–H groups in total. The summed E-state index contributed by atoms with van der Waals surface area (Å²) >= 11 is 11.7. The molecule has 0 aliphatic rings. The van der Waals surface area contributed by atoms with Crippen molar-refractivity contribution in [1.82, 2.24) is 10.2 Å². The number of nitrogens with zero attached hydrogens (tertiary/aromatic N) is 1. The molecule has 0 aliphatic carbocycles. The highest BCUT2D eigenvalue weighted by atomic mass is 35.5. The lowest BCUT2D eigenvalue weighted by atomic mass is 10.2. The van der Waals surface area contributed by atoms with Crippen molar-refractivity contribution in [3.63, 3.8) is 0 Å². The monoisotopic (exact) mass is 302 g/mol. The van der Waals surface area contributed by atoms with Crippen LogP contribution in [0, 0.1) is 0 Å². The molecule has 106 valence electrons. The van der Waals surface area contributed by atoms with Gasteiger partial charge < -0.3 is 5.32 Å². The van der Waals surface area contributed by atoms with E-state index in [9.17, 15) is 4.79 Å². The van der Waals surface area contributed by atoms with Crippen LogP contribution < -0.4 is 5.32 Å². The average molecular weight is 303 g/mol. The summed E-state index contributed by atoms with van der Waals surface area (Å²) in [6.45, 7) is 8.79. The molecule has 5 heteroatoms. The smallest absolute Gasteiger partial charge is 0.251 e. The van der Waals surface area contributed by atoms with E-state index in [4.69, 9.17) is 23.2 Å². The number of carbonyl (C=O) groups excluding carboxylic acids is 1. The Bertz CT molecular complexity index is 415. The molecule has 0 bridgehead atoms. The Hall–Kier alpha value is -0.770. The third-order valence-corrected chi connectivity index (χ3v) is 3.38. The van der Waals surface area contributed by atoms with E-state index in [0.29, 0.717) is 28.2 Å². The molecule has 0 fully saturated rings. The Morgan fingerprint density at radius 2 is 1.84 bits per heavy atom. The number of hydrogen-bond donors (Lipinski definition) is 1. The van der Waals surface area contributed by atoms with E-state index in [2.05, 4.69) is 31.0 Å². The molecule has 0 aromatic heterocycles. The van der Waals surface area contributed by atoms with Crippen molar-refractivity contribution in [2.24, 2.45) is 0 Å². The largest absolute Gasteiger partial charge is 0.351 e. The van der Waals surface area contributed by atoms with Crippen LogP contribution in [-0.2, 0) is 0 Å². The minimum Gasteiger partial charge on any atom is -0.351 e. The number of carbonyl (C=O) groups is 1. The molecule has 1 aromatic carbocycles. The number of likely N-dealkylation sites (N-methyl/N-ethyl adjacent to an activating group) is 1. The first-order chi connectivity index (χ1) is 8.93. The quantitative estimate of drug-likeness (QED) is 0.873. The van der Waals surface area contributed by atoms with Gasteiger partial charge in [-0.15, -0.1) is 0 Å². The standard InChI is InChI=1S/C14H20Cl2N2O/c1-4-18(10(2)3)6-5-17-14(19)11-7-12(15)9-13(16)8-11/h7-10H,4-6H2,1-3H3,(H,17,19). The Balaban J connectivity index is 2.51. The molecule has 1 aromatic rings. The van der Waals surface area contributed by atoms with Gasteiger partial charge in [0.15, 0.2) is 0 Å². The van der Waals surface area contributed by atoms with Gasteiger partial charge in [0.2, 0.25) is 0 Å². The van der Waals surface area contributed by atoms with E-state index < -0.39 is 0 Å². The first-order valence-corrected chi connectivity index (χ1v) is 7.18. The van der Waals surface area contributed by atoms with Crippen LogP contribution in [0.4, 0.5) is 0 Å². The van der Waals surface area contributed by atoms with Gasteiger partial charge in [-0.3, -0.25) is 9.69 Å². The topological polar surface area (TPSA) is 32.3 Å². The van der Waals surface area contributed by atoms with E-state index in [1.54, 1.807) is 18.2 Å². The zero-order chi connectivity index (χ0) is 14.4. The first kappa shape index (κ1) is 16.3. The lowest BCUT2D eigenvalue weighted by Crippen LogP contribution is -2.38. The molecule has 0 unspecified atom stereocenters. The lowest BCUT2D eigenvalue weighted by molar-refractivity contribution is 0.0946. The Morgan fingerprint density at radius 3 is 2.32 bits per heavy atom. The molecule has 1 rings (SSSR count). The van der Waals surface area contributed by atoms with Crippen molar-refractivity contribution in [2.45, 2.75) is 26.8 Å². The van der Waals surface area contributed by atoms with Crippen LogP contribution in [0.3, 0.4) is 0 Å². The second kappa shape index (κ2) is 7.73. The van der Waals surface area contributed by atoms with E-state index in [0.717, 1.165) is 13.1 Å². The minimum absolute atomic E-state index is 0.149. The zero-order valence-corrected chi connectivity index (χ0v) is 13.1. The van der Waals surface area contributed by atoms with E-state index in [1.165, 1.54) is 0 Å². The maximum Gasteiger partial charge on any atom is 0.251 e. The van der Waals surface area contributed by atoms with Crippen LogP contribution >= 0.6 is 23.2 Å². The van der Waals surface area contributed by atoms with Gasteiger partial charge in [-0.2, -0.15) is 0 Å². The molecular formula is C14H20Cl2N2O. The molecule has 0 saturated heterocycles. The van der Waals surface area contributed by atoms with Crippen molar-refractivity contribution in [2.75, 3.05) is 19.6 Å². The summed E-state index contributed by atoms with van der Waals surface area (Å²) in [5, 5.41) is 3.81. The van der Waals surface area contributed by atoms with Gasteiger partial charge in [-0.05, 0) is 38.6 Å². The fraction of sp³-hybridized carbons (Fsp3) is 0.500. The highest BCUT2D eigenvalue weighted by Crippen LogP contribution is 2.18. The molecule has 0 saturated carbocycles. The fourth-order valence-electron chi connectivity index (χ4n) is 1.88. The maximum atomic E-state index is 11.9. The molecule has 0 aliphatic heterocycles. The summed E-state index contributed by atoms with van der Waals surface area (Å²) in [7, 11) is 0. The molecule has 0 radical (unpaired) electrons. The Labute approximate surface area is 124 Å². The van der Waals surface area contributed by atoms with Crippen molar-refractivity contribution in [3.8, 4) is 0 Å². The summed E-state index contributed by atoms with van der Waals surface area (Å²) in [6, 6.07) is 5.31. The number of hydrogen-bond acceptors (Lipinski definition) is 2. The van der Waals surface area contributed by atoms with Crippen LogP contribution in [0.25, 0.3) is 0 Å². The van der Waals surface area contributed by atoms with Crippen molar-refractivity contribution in [3.05, 3.63) is 33.8 Å². The van der Waals surface area contributed by atoms with Crippen molar-refractivity contribution < 1.29 is 4.79 Å². The summed E-state index contributed by atoms with van der Waals surface area (Å²) < 4.78 is 0. The van der Waals surface area contributed by atoms with Crippen LogP contribution in [0.1, 0.15) is 31.1 Å². The highest BCUT2D eigenvalue weighted by molar-refractivity contribution is 6.35. The van der Waals surface area contributed by atoms with E-state index >= 15 is 0 Å². The molecule has 19 heavy (non-hydrogen) atoms. The van der Waals surface area contributed by atoms with E-state index in [1.807, 2.05) is 0 Å². The van der Waals surface area contributed by atoms with Crippen LogP contribution in [-0.4, -0.2) is 36.5 Å². The summed E-state index contributed by atoms with van der Waals surface area (Å²) in [5.41, 5.74) is 0.491. The van der Waals surface area contributed by atoms with Crippen molar-refractivity contribution >= 4 is 29.1 Å². The SMILES string of the molecule is CCN(CCNC(=O)c1cc(Cl)cc(Cl)c1)C(C)C. The summed E-state index contributed by atoms with van der Waals surface area (Å²) in [5.74, 6) is -0.149.